The number of carbonyl (C=O) groups excluding carboxylic acids is 2. The summed E-state index contributed by atoms with van der Waals surface area (Å²) in [5, 5.41) is 1.62. The Labute approximate surface area is 119 Å². The first-order chi connectivity index (χ1) is 9.86. The van der Waals surface area contributed by atoms with Crippen LogP contribution < -0.4 is 10.1 Å². The van der Waals surface area contributed by atoms with Crippen molar-refractivity contribution in [3.8, 4) is 5.75 Å². The molecule has 0 radical (unpaired) electrons. The summed E-state index contributed by atoms with van der Waals surface area (Å²) in [6, 6.07) is 5.32. The van der Waals surface area contributed by atoms with E-state index >= 15 is 0 Å². The third-order valence-corrected chi connectivity index (χ3v) is 3.17. The maximum atomic E-state index is 11.9. The number of rotatable bonds is 4. The van der Waals surface area contributed by atoms with Gasteiger partial charge in [0.25, 0.3) is 0 Å². The fraction of sp³-hybridized carbons (Fsp3) is 0.429. The maximum absolute atomic E-state index is 11.9. The highest BCUT2D eigenvalue weighted by molar-refractivity contribution is 5.82. The first-order valence-electron chi connectivity index (χ1n) is 6.54. The van der Waals surface area contributed by atoms with Gasteiger partial charge in [-0.3, -0.25) is 9.59 Å². The van der Waals surface area contributed by atoms with Crippen molar-refractivity contribution in [2.24, 2.45) is 0 Å². The lowest BCUT2D eigenvalue weighted by Crippen LogP contribution is -2.38. The van der Waals surface area contributed by atoms with Gasteiger partial charge in [-0.15, -0.1) is 0 Å². The minimum atomic E-state index is -4.94. The number of alkyl halides is 3. The van der Waals surface area contributed by atoms with Gasteiger partial charge < -0.3 is 10.1 Å². The Morgan fingerprint density at radius 2 is 1.90 bits per heavy atom. The summed E-state index contributed by atoms with van der Waals surface area (Å²) in [6.07, 6.45) is -2.26. The molecule has 0 saturated carbocycles. The number of benzene rings is 1. The first-order valence-corrected chi connectivity index (χ1v) is 6.54. The zero-order valence-electron chi connectivity index (χ0n) is 11.1. The number of amides is 1. The molecule has 0 heterocycles. The number of fused-ring (bicyclic) bond motifs is 1. The van der Waals surface area contributed by atoms with Crippen LogP contribution in [0.25, 0.3) is 0 Å². The van der Waals surface area contributed by atoms with E-state index in [4.69, 9.17) is 4.74 Å². The van der Waals surface area contributed by atoms with Crippen LogP contribution in [0.2, 0.25) is 0 Å². The van der Waals surface area contributed by atoms with Crippen LogP contribution in [-0.2, 0) is 22.4 Å². The maximum Gasteiger partial charge on any atom is 0.471 e. The van der Waals surface area contributed by atoms with Gasteiger partial charge >= 0.3 is 18.1 Å². The molecule has 114 valence electrons. The molecule has 4 nitrogen and oxygen atoms in total. The fourth-order valence-electron chi connectivity index (χ4n) is 2.17. The van der Waals surface area contributed by atoms with E-state index in [2.05, 4.69) is 0 Å². The van der Waals surface area contributed by atoms with Crippen molar-refractivity contribution < 1.29 is 27.5 Å². The summed E-state index contributed by atoms with van der Waals surface area (Å²) in [7, 11) is 0. The normalized spacial score (nSPS) is 13.7. The molecule has 0 unspecified atom stereocenters. The van der Waals surface area contributed by atoms with Crippen molar-refractivity contribution in [3.05, 3.63) is 29.3 Å². The van der Waals surface area contributed by atoms with Crippen LogP contribution in [0, 0.1) is 0 Å². The molecule has 1 aliphatic rings. The molecule has 21 heavy (non-hydrogen) atoms. The van der Waals surface area contributed by atoms with E-state index in [-0.39, 0.29) is 6.42 Å². The molecule has 1 aliphatic carbocycles. The number of aryl methyl sites for hydroxylation is 2. The Balaban J connectivity index is 1.79. The molecule has 1 aromatic rings. The lowest BCUT2D eigenvalue weighted by Gasteiger charge is -2.08. The first kappa shape index (κ1) is 15.3. The van der Waals surface area contributed by atoms with Crippen LogP contribution >= 0.6 is 0 Å². The molecule has 0 atom stereocenters. The monoisotopic (exact) mass is 301 g/mol. The van der Waals surface area contributed by atoms with E-state index in [0.717, 1.165) is 24.8 Å². The summed E-state index contributed by atoms with van der Waals surface area (Å²) in [6.45, 7) is -0.415. The van der Waals surface area contributed by atoms with Crippen LogP contribution in [0.3, 0.4) is 0 Å². The summed E-state index contributed by atoms with van der Waals surface area (Å²) in [4.78, 5) is 22.0. The molecule has 0 saturated heterocycles. The summed E-state index contributed by atoms with van der Waals surface area (Å²) >= 11 is 0. The van der Waals surface area contributed by atoms with Gasteiger partial charge in [0.15, 0.2) is 0 Å². The summed E-state index contributed by atoms with van der Waals surface area (Å²) in [5.74, 6) is -2.37. The highest BCUT2D eigenvalue weighted by atomic mass is 19.4. The Hall–Kier alpha value is -2.05. The molecule has 0 bridgehead atoms. The Morgan fingerprint density at radius 1 is 1.19 bits per heavy atom. The highest BCUT2D eigenvalue weighted by Gasteiger charge is 2.38. The van der Waals surface area contributed by atoms with Gasteiger partial charge in [-0.25, -0.2) is 0 Å². The molecular formula is C14H14F3NO3. The van der Waals surface area contributed by atoms with Gasteiger partial charge in [-0.05, 0) is 42.5 Å². The van der Waals surface area contributed by atoms with Gasteiger partial charge in [-0.1, -0.05) is 6.07 Å². The fourth-order valence-corrected chi connectivity index (χ4v) is 2.17. The standard InChI is InChI=1S/C14H14F3NO3/c15-14(16,17)13(20)18-7-6-12(19)21-11-5-4-9-2-1-3-10(9)8-11/h4-5,8H,1-3,6-7H2,(H,18,20). The number of carbonyl (C=O) groups is 2. The van der Waals surface area contributed by atoms with E-state index in [0.29, 0.717) is 5.75 Å². The molecule has 7 heteroatoms. The van der Waals surface area contributed by atoms with Gasteiger partial charge in [0, 0.05) is 6.54 Å². The highest BCUT2D eigenvalue weighted by Crippen LogP contribution is 2.26. The van der Waals surface area contributed by atoms with Crippen LogP contribution in [-0.4, -0.2) is 24.6 Å². The average Bonchev–Trinajstić information content (AvgIpc) is 2.84. The van der Waals surface area contributed by atoms with E-state index < -0.39 is 24.6 Å². The lowest BCUT2D eigenvalue weighted by molar-refractivity contribution is -0.173. The quantitative estimate of drug-likeness (QED) is 0.685. The number of halogens is 3. The smallest absolute Gasteiger partial charge is 0.426 e. The Kier molecular flexibility index (Phi) is 4.50. The second kappa shape index (κ2) is 6.15. The van der Waals surface area contributed by atoms with Gasteiger partial charge in [0.1, 0.15) is 5.75 Å². The minimum Gasteiger partial charge on any atom is -0.426 e. The zero-order valence-corrected chi connectivity index (χ0v) is 11.1. The third-order valence-electron chi connectivity index (χ3n) is 3.17. The zero-order chi connectivity index (χ0) is 15.5. The number of ether oxygens (including phenoxy) is 1. The number of hydrogen-bond acceptors (Lipinski definition) is 3. The van der Waals surface area contributed by atoms with E-state index in [1.54, 1.807) is 17.4 Å². The molecule has 0 fully saturated rings. The predicted molar refractivity (Wildman–Crippen MR) is 67.8 cm³/mol. The molecule has 1 N–H and O–H groups in total. The van der Waals surface area contributed by atoms with Gasteiger partial charge in [0.05, 0.1) is 6.42 Å². The van der Waals surface area contributed by atoms with Crippen molar-refractivity contribution in [2.45, 2.75) is 31.9 Å². The van der Waals surface area contributed by atoms with Crippen molar-refractivity contribution >= 4 is 11.9 Å². The topological polar surface area (TPSA) is 55.4 Å². The molecule has 0 aliphatic heterocycles. The number of nitrogens with one attached hydrogen (secondary N) is 1. The Bertz CT molecular complexity index is 555. The van der Waals surface area contributed by atoms with Crippen LogP contribution in [0.1, 0.15) is 24.0 Å². The Morgan fingerprint density at radius 3 is 2.62 bits per heavy atom. The summed E-state index contributed by atoms with van der Waals surface area (Å²) < 4.78 is 40.8. The SMILES string of the molecule is O=C(CCNC(=O)C(F)(F)F)Oc1ccc2c(c1)CCC2. The van der Waals surface area contributed by atoms with E-state index in [1.807, 2.05) is 6.07 Å². The van der Waals surface area contributed by atoms with Crippen molar-refractivity contribution in [2.75, 3.05) is 6.54 Å². The van der Waals surface area contributed by atoms with Crippen molar-refractivity contribution in [1.29, 1.82) is 0 Å². The second-order valence-electron chi connectivity index (χ2n) is 4.76. The van der Waals surface area contributed by atoms with Gasteiger partial charge in [-0.2, -0.15) is 13.2 Å². The van der Waals surface area contributed by atoms with Gasteiger partial charge in [0.2, 0.25) is 0 Å². The lowest BCUT2D eigenvalue weighted by atomic mass is 10.1. The van der Waals surface area contributed by atoms with Crippen molar-refractivity contribution in [3.63, 3.8) is 0 Å². The number of hydrogen-bond donors (Lipinski definition) is 1. The molecular weight excluding hydrogens is 287 g/mol. The molecule has 0 aromatic heterocycles. The summed E-state index contributed by atoms with van der Waals surface area (Å²) in [5.41, 5.74) is 2.36. The van der Waals surface area contributed by atoms with Crippen LogP contribution in [0.4, 0.5) is 13.2 Å². The van der Waals surface area contributed by atoms with Crippen molar-refractivity contribution in [1.82, 2.24) is 5.32 Å². The third kappa shape index (κ3) is 4.21. The largest absolute Gasteiger partial charge is 0.471 e. The number of esters is 1. The average molecular weight is 301 g/mol. The van der Waals surface area contributed by atoms with E-state index in [1.165, 1.54) is 5.56 Å². The molecule has 2 rings (SSSR count). The minimum absolute atomic E-state index is 0.321. The van der Waals surface area contributed by atoms with E-state index in [9.17, 15) is 22.8 Å². The molecule has 1 aromatic carbocycles. The van der Waals surface area contributed by atoms with Crippen LogP contribution in [0.15, 0.2) is 18.2 Å². The molecule has 1 amide bonds. The molecule has 0 spiro atoms. The predicted octanol–water partition coefficient (Wildman–Crippen LogP) is 2.15. The van der Waals surface area contributed by atoms with Crippen LogP contribution in [0.5, 0.6) is 5.75 Å². The second-order valence-corrected chi connectivity index (χ2v) is 4.76.